The van der Waals surface area contributed by atoms with Crippen molar-refractivity contribution in [1.82, 2.24) is 0 Å². The van der Waals surface area contributed by atoms with Gasteiger partial charge >= 0.3 is 0 Å². The molecule has 0 heterocycles. The van der Waals surface area contributed by atoms with Crippen molar-refractivity contribution in [2.75, 3.05) is 4.90 Å². The van der Waals surface area contributed by atoms with Gasteiger partial charge in [-0.25, -0.2) is 0 Å². The van der Waals surface area contributed by atoms with Gasteiger partial charge in [0.25, 0.3) is 0 Å². The van der Waals surface area contributed by atoms with Gasteiger partial charge in [0.15, 0.2) is 0 Å². The summed E-state index contributed by atoms with van der Waals surface area (Å²) in [6.45, 7) is 0. The van der Waals surface area contributed by atoms with E-state index in [1.165, 1.54) is 0 Å². The van der Waals surface area contributed by atoms with Gasteiger partial charge in [0, 0.05) is 16.8 Å². The van der Waals surface area contributed by atoms with Crippen LogP contribution in [0.15, 0.2) is 212 Å². The SMILES string of the molecule is [2H]c1c([2H])c(N(c2ccc(-c3ccccc3-c3ccccc3)cc2)c2cc3ccccc3c3ccccc23)c([2H])c([2H])c1-c1cc2ccccc2c2ccccc12. The average molecular weight is 678 g/mol. The molecule has 0 aliphatic heterocycles. The molecule has 0 radical (unpaired) electrons. The first-order valence-corrected chi connectivity index (χ1v) is 17.9. The van der Waals surface area contributed by atoms with E-state index in [4.69, 9.17) is 0 Å². The summed E-state index contributed by atoms with van der Waals surface area (Å²) in [4.78, 5) is 1.92. The molecule has 0 aliphatic rings. The van der Waals surface area contributed by atoms with E-state index in [2.05, 4.69) is 84.9 Å². The minimum Gasteiger partial charge on any atom is -0.310 e. The third kappa shape index (κ3) is 5.42. The van der Waals surface area contributed by atoms with Crippen molar-refractivity contribution in [3.05, 3.63) is 212 Å². The summed E-state index contributed by atoms with van der Waals surface area (Å²) in [7, 11) is 0. The molecule has 0 atom stereocenters. The Balaban J connectivity index is 1.22. The zero-order valence-electron chi connectivity index (χ0n) is 32.8. The zero-order valence-corrected chi connectivity index (χ0v) is 28.8. The van der Waals surface area contributed by atoms with E-state index in [1.807, 2.05) is 108 Å². The van der Waals surface area contributed by atoms with Crippen molar-refractivity contribution < 1.29 is 5.48 Å². The van der Waals surface area contributed by atoms with Crippen LogP contribution in [0.25, 0.3) is 76.5 Å². The minimum absolute atomic E-state index is 0.0880. The lowest BCUT2D eigenvalue weighted by atomic mass is 9.93. The van der Waals surface area contributed by atoms with Gasteiger partial charge in [-0.15, -0.1) is 0 Å². The molecule has 0 amide bonds. The Kier molecular flexibility index (Phi) is 6.56. The van der Waals surface area contributed by atoms with Gasteiger partial charge < -0.3 is 4.90 Å². The van der Waals surface area contributed by atoms with Gasteiger partial charge in [-0.3, -0.25) is 0 Å². The van der Waals surface area contributed by atoms with Gasteiger partial charge in [-0.05, 0) is 107 Å². The third-order valence-electron chi connectivity index (χ3n) is 10.3. The number of benzene rings is 10. The molecular formula is C52H35N. The van der Waals surface area contributed by atoms with E-state index >= 15 is 0 Å². The predicted octanol–water partition coefficient (Wildman–Crippen LogP) is 14.8. The largest absolute Gasteiger partial charge is 0.310 e. The van der Waals surface area contributed by atoms with Crippen molar-refractivity contribution in [2.24, 2.45) is 0 Å². The molecule has 10 aromatic carbocycles. The van der Waals surface area contributed by atoms with Gasteiger partial charge in [-0.2, -0.15) is 0 Å². The summed E-state index contributed by atoms with van der Waals surface area (Å²) in [5.41, 5.74) is 7.02. The van der Waals surface area contributed by atoms with Crippen LogP contribution in [0.2, 0.25) is 0 Å². The van der Waals surface area contributed by atoms with Crippen LogP contribution in [0, 0.1) is 0 Å². The van der Waals surface area contributed by atoms with Crippen LogP contribution < -0.4 is 4.90 Å². The normalized spacial score (nSPS) is 12.5. The monoisotopic (exact) mass is 677 g/mol. The molecule has 1 heteroatoms. The van der Waals surface area contributed by atoms with Crippen molar-refractivity contribution in [2.45, 2.75) is 0 Å². The van der Waals surface area contributed by atoms with Crippen LogP contribution in [-0.4, -0.2) is 0 Å². The molecule has 0 spiro atoms. The lowest BCUT2D eigenvalue weighted by Gasteiger charge is -2.28. The summed E-state index contributed by atoms with van der Waals surface area (Å²) in [5, 5.41) is 8.04. The highest BCUT2D eigenvalue weighted by atomic mass is 15.1. The van der Waals surface area contributed by atoms with Crippen molar-refractivity contribution in [3.8, 4) is 33.4 Å². The van der Waals surface area contributed by atoms with Crippen molar-refractivity contribution in [1.29, 1.82) is 0 Å². The van der Waals surface area contributed by atoms with Gasteiger partial charge in [0.05, 0.1) is 11.2 Å². The fourth-order valence-corrected chi connectivity index (χ4v) is 7.82. The Hall–Kier alpha value is -6.96. The Bertz CT molecular complexity index is 3150. The molecule has 10 rings (SSSR count). The third-order valence-corrected chi connectivity index (χ3v) is 10.3. The first kappa shape index (κ1) is 26.8. The van der Waals surface area contributed by atoms with E-state index in [1.54, 1.807) is 0 Å². The summed E-state index contributed by atoms with van der Waals surface area (Å²) in [6.07, 6.45) is 0. The fraction of sp³-hybridized carbons (Fsp3) is 0. The smallest absolute Gasteiger partial charge is 0.0645 e. The second-order valence-corrected chi connectivity index (χ2v) is 13.4. The molecule has 1 nitrogen and oxygen atoms in total. The van der Waals surface area contributed by atoms with E-state index in [0.717, 1.165) is 76.7 Å². The molecule has 248 valence electrons. The van der Waals surface area contributed by atoms with Crippen LogP contribution in [0.4, 0.5) is 17.1 Å². The zero-order chi connectivity index (χ0) is 38.6. The molecule has 0 bridgehead atoms. The molecular weight excluding hydrogens is 639 g/mol. The highest BCUT2D eigenvalue weighted by Gasteiger charge is 2.19. The molecule has 0 saturated carbocycles. The highest BCUT2D eigenvalue weighted by Crippen LogP contribution is 2.44. The molecule has 0 N–H and O–H groups in total. The molecule has 0 fully saturated rings. The summed E-state index contributed by atoms with van der Waals surface area (Å²) in [6, 6.07) is 63.2. The van der Waals surface area contributed by atoms with E-state index in [0.29, 0.717) is 5.56 Å². The van der Waals surface area contributed by atoms with Crippen LogP contribution >= 0.6 is 0 Å². The molecule has 0 unspecified atom stereocenters. The van der Waals surface area contributed by atoms with E-state index in [-0.39, 0.29) is 35.4 Å². The van der Waals surface area contributed by atoms with Crippen molar-refractivity contribution in [3.63, 3.8) is 0 Å². The Labute approximate surface area is 315 Å². The van der Waals surface area contributed by atoms with Crippen molar-refractivity contribution >= 4 is 60.2 Å². The predicted molar refractivity (Wildman–Crippen MR) is 227 cm³/mol. The second kappa shape index (κ2) is 13.0. The van der Waals surface area contributed by atoms with E-state index < -0.39 is 0 Å². The Morgan fingerprint density at radius 1 is 0.302 bits per heavy atom. The molecule has 53 heavy (non-hydrogen) atoms. The Morgan fingerprint density at radius 3 is 1.42 bits per heavy atom. The van der Waals surface area contributed by atoms with Gasteiger partial charge in [0.1, 0.15) is 0 Å². The lowest BCUT2D eigenvalue weighted by Crippen LogP contribution is -2.10. The van der Waals surface area contributed by atoms with Crippen LogP contribution in [-0.2, 0) is 0 Å². The average Bonchev–Trinajstić information content (AvgIpc) is 3.27. The summed E-state index contributed by atoms with van der Waals surface area (Å²) >= 11 is 0. The van der Waals surface area contributed by atoms with Crippen LogP contribution in [0.5, 0.6) is 0 Å². The van der Waals surface area contributed by atoms with Gasteiger partial charge in [0.2, 0.25) is 0 Å². The highest BCUT2D eigenvalue weighted by molar-refractivity contribution is 6.15. The molecule has 10 aromatic rings. The molecule has 0 saturated heterocycles. The number of fused-ring (bicyclic) bond motifs is 6. The quantitative estimate of drug-likeness (QED) is 0.158. The van der Waals surface area contributed by atoms with Gasteiger partial charge in [-0.1, -0.05) is 176 Å². The van der Waals surface area contributed by atoms with E-state index in [9.17, 15) is 5.48 Å². The molecule has 0 aliphatic carbocycles. The Morgan fingerprint density at radius 2 is 0.774 bits per heavy atom. The summed E-state index contributed by atoms with van der Waals surface area (Å²) < 4.78 is 38.8. The number of nitrogens with zero attached hydrogens (tertiary/aromatic N) is 1. The lowest BCUT2D eigenvalue weighted by molar-refractivity contribution is 1.30. The topological polar surface area (TPSA) is 3.24 Å². The van der Waals surface area contributed by atoms with Crippen LogP contribution in [0.3, 0.4) is 0 Å². The maximum atomic E-state index is 9.76. The first-order chi connectivity index (χ1) is 28.0. The number of hydrogen-bond acceptors (Lipinski definition) is 1. The molecule has 0 aromatic heterocycles. The number of anilines is 3. The fourth-order valence-electron chi connectivity index (χ4n) is 7.82. The minimum atomic E-state index is -0.112. The standard InChI is InChI=1S/C52H35N/c1-2-14-36(15-3-1)43-18-8-9-19-44(43)37-26-30-41(31-27-37)53(52-35-40-17-5-7-21-46(40)48-23-12-13-25-50(48)52)42-32-28-38(29-33-42)51-34-39-16-4-6-20-45(39)47-22-10-11-24-49(47)51/h1-35H/i28D,29D,32D,33D. The maximum absolute atomic E-state index is 9.76. The second-order valence-electron chi connectivity index (χ2n) is 13.4. The number of hydrogen-bond donors (Lipinski definition) is 0. The summed E-state index contributed by atoms with van der Waals surface area (Å²) in [5.74, 6) is 0. The number of rotatable bonds is 6. The first-order valence-electron chi connectivity index (χ1n) is 19.9. The van der Waals surface area contributed by atoms with Crippen LogP contribution in [0.1, 0.15) is 5.48 Å². The maximum Gasteiger partial charge on any atom is 0.0645 e.